The van der Waals surface area contributed by atoms with E-state index in [-0.39, 0.29) is 40.0 Å². The Morgan fingerprint density at radius 1 is 1.06 bits per heavy atom. The Labute approximate surface area is 208 Å². The molecule has 1 fully saturated rings. The molecular weight excluding hydrogens is 510 g/mol. The van der Waals surface area contributed by atoms with Gasteiger partial charge in [-0.15, -0.1) is 0 Å². The van der Waals surface area contributed by atoms with Crippen molar-refractivity contribution in [3.8, 4) is 0 Å². The molecule has 1 saturated heterocycles. The highest BCUT2D eigenvalue weighted by molar-refractivity contribution is 6.34. The van der Waals surface area contributed by atoms with Crippen molar-refractivity contribution in [3.63, 3.8) is 0 Å². The zero-order chi connectivity index (χ0) is 25.7. The molecule has 0 aliphatic carbocycles. The van der Waals surface area contributed by atoms with Crippen LogP contribution >= 0.6 is 23.2 Å². The van der Waals surface area contributed by atoms with Crippen LogP contribution in [0.4, 0.5) is 13.2 Å². The zero-order valence-electron chi connectivity index (χ0n) is 18.4. The number of piperazine rings is 1. The summed E-state index contributed by atoms with van der Waals surface area (Å²) in [6.07, 6.45) is -5.47. The molecule has 0 N–H and O–H groups in total. The predicted octanol–water partition coefficient (Wildman–Crippen LogP) is 4.32. The van der Waals surface area contributed by atoms with E-state index in [0.717, 1.165) is 21.9 Å². The molecule has 2 aromatic carbocycles. The summed E-state index contributed by atoms with van der Waals surface area (Å²) in [7, 11) is 1.34. The number of alkyl halides is 3. The number of hydrogen-bond donors (Lipinski definition) is 0. The molecular formula is C23H18Cl2F3N3O4. The standard InChI is InChI=1S/C23H18Cl2F3N3O4/c1-12-5-13(3-4-17(12)21(34)31-10-19(32)30(2)20(33)11-31)18-9-22(35-29-18,23(26,27)28)14-6-15(24)8-16(25)7-14/h3-8H,9-11H2,1-2H3. The van der Waals surface area contributed by atoms with E-state index in [1.807, 2.05) is 0 Å². The van der Waals surface area contributed by atoms with E-state index in [0.29, 0.717) is 11.1 Å². The lowest BCUT2D eigenvalue weighted by molar-refractivity contribution is -0.275. The van der Waals surface area contributed by atoms with Crippen LogP contribution in [0.2, 0.25) is 10.0 Å². The van der Waals surface area contributed by atoms with Crippen molar-refractivity contribution in [2.75, 3.05) is 20.1 Å². The summed E-state index contributed by atoms with van der Waals surface area (Å²) in [4.78, 5) is 43.9. The molecule has 12 heteroatoms. The number of nitrogens with zero attached hydrogens (tertiary/aromatic N) is 3. The fourth-order valence-corrected chi connectivity index (χ4v) is 4.50. The van der Waals surface area contributed by atoms with Crippen LogP contribution in [-0.2, 0) is 20.0 Å². The second-order valence-corrected chi connectivity index (χ2v) is 9.20. The van der Waals surface area contributed by atoms with Gasteiger partial charge in [0.2, 0.25) is 11.8 Å². The van der Waals surface area contributed by atoms with Crippen LogP contribution in [0.3, 0.4) is 0 Å². The van der Waals surface area contributed by atoms with Gasteiger partial charge < -0.3 is 9.74 Å². The Kier molecular flexibility index (Phi) is 6.31. The lowest BCUT2D eigenvalue weighted by Gasteiger charge is -2.30. The number of hydrogen-bond acceptors (Lipinski definition) is 5. The van der Waals surface area contributed by atoms with Gasteiger partial charge in [0.1, 0.15) is 13.1 Å². The van der Waals surface area contributed by atoms with Gasteiger partial charge in [-0.1, -0.05) is 34.4 Å². The minimum Gasteiger partial charge on any atom is -0.374 e. The van der Waals surface area contributed by atoms with Crippen molar-refractivity contribution in [1.29, 1.82) is 0 Å². The Morgan fingerprint density at radius 2 is 1.66 bits per heavy atom. The van der Waals surface area contributed by atoms with Gasteiger partial charge in [0, 0.05) is 34.6 Å². The number of amides is 3. The smallest absolute Gasteiger partial charge is 0.374 e. The number of likely N-dealkylation sites (N-methyl/N-ethyl adjacent to an activating group) is 1. The van der Waals surface area contributed by atoms with Crippen molar-refractivity contribution < 1.29 is 32.4 Å². The molecule has 2 aliphatic rings. The van der Waals surface area contributed by atoms with Gasteiger partial charge in [0.15, 0.2) is 0 Å². The van der Waals surface area contributed by atoms with E-state index in [1.54, 1.807) is 6.92 Å². The fourth-order valence-electron chi connectivity index (χ4n) is 3.98. The number of benzene rings is 2. The molecule has 0 bridgehead atoms. The van der Waals surface area contributed by atoms with Gasteiger partial charge >= 0.3 is 6.18 Å². The molecule has 184 valence electrons. The second-order valence-electron chi connectivity index (χ2n) is 8.33. The first kappa shape index (κ1) is 25.0. The van der Waals surface area contributed by atoms with Gasteiger partial charge in [0.05, 0.1) is 5.71 Å². The highest BCUT2D eigenvalue weighted by atomic mass is 35.5. The minimum atomic E-state index is -4.84. The van der Waals surface area contributed by atoms with Crippen molar-refractivity contribution in [2.45, 2.75) is 25.1 Å². The third kappa shape index (κ3) is 4.48. The normalized spacial score (nSPS) is 20.7. The maximum absolute atomic E-state index is 14.2. The zero-order valence-corrected chi connectivity index (χ0v) is 20.0. The Balaban J connectivity index is 1.61. The monoisotopic (exact) mass is 527 g/mol. The highest BCUT2D eigenvalue weighted by Gasteiger charge is 2.62. The van der Waals surface area contributed by atoms with Crippen LogP contribution in [0.1, 0.15) is 33.5 Å². The molecule has 0 saturated carbocycles. The van der Waals surface area contributed by atoms with Crippen LogP contribution in [0.5, 0.6) is 0 Å². The molecule has 7 nitrogen and oxygen atoms in total. The Morgan fingerprint density at radius 3 is 2.20 bits per heavy atom. The quantitative estimate of drug-likeness (QED) is 0.556. The second kappa shape index (κ2) is 8.83. The van der Waals surface area contributed by atoms with E-state index >= 15 is 0 Å². The highest BCUT2D eigenvalue weighted by Crippen LogP contribution is 2.49. The lowest BCUT2D eigenvalue weighted by atomic mass is 9.86. The number of rotatable bonds is 3. The Bertz CT molecular complexity index is 1240. The Hall–Kier alpha value is -3.11. The summed E-state index contributed by atoms with van der Waals surface area (Å²) >= 11 is 11.9. The predicted molar refractivity (Wildman–Crippen MR) is 121 cm³/mol. The van der Waals surface area contributed by atoms with Crippen LogP contribution < -0.4 is 0 Å². The molecule has 2 aliphatic heterocycles. The molecule has 0 spiro atoms. The third-order valence-corrected chi connectivity index (χ3v) is 6.43. The van der Waals surface area contributed by atoms with E-state index in [2.05, 4.69) is 5.16 Å². The van der Waals surface area contributed by atoms with Crippen molar-refractivity contribution in [3.05, 3.63) is 68.7 Å². The first-order valence-electron chi connectivity index (χ1n) is 10.3. The molecule has 0 radical (unpaired) electrons. The number of carbonyl (C=O) groups is 3. The van der Waals surface area contributed by atoms with Crippen molar-refractivity contribution >= 4 is 46.6 Å². The summed E-state index contributed by atoms with van der Waals surface area (Å²) < 4.78 is 42.6. The van der Waals surface area contributed by atoms with Crippen LogP contribution in [0.15, 0.2) is 41.6 Å². The number of imide groups is 1. The van der Waals surface area contributed by atoms with Crippen LogP contribution in [0, 0.1) is 6.92 Å². The first-order valence-corrected chi connectivity index (χ1v) is 11.1. The van der Waals surface area contributed by atoms with Crippen LogP contribution in [0.25, 0.3) is 0 Å². The largest absolute Gasteiger partial charge is 0.435 e. The molecule has 2 aromatic rings. The summed E-state index contributed by atoms with van der Waals surface area (Å²) in [5, 5.41) is 3.76. The summed E-state index contributed by atoms with van der Waals surface area (Å²) in [5.41, 5.74) is -2.07. The van der Waals surface area contributed by atoms with Crippen molar-refractivity contribution in [2.24, 2.45) is 5.16 Å². The average Bonchev–Trinajstić information content (AvgIpc) is 3.23. The van der Waals surface area contributed by atoms with Gasteiger partial charge in [-0.05, 0) is 48.4 Å². The summed E-state index contributed by atoms with van der Waals surface area (Å²) in [6.45, 7) is 1.10. The number of halogens is 5. The fraction of sp³-hybridized carbons (Fsp3) is 0.304. The molecule has 35 heavy (non-hydrogen) atoms. The molecule has 3 amide bonds. The number of carbonyl (C=O) groups excluding carboxylic acids is 3. The first-order chi connectivity index (χ1) is 16.3. The number of oxime groups is 1. The molecule has 4 rings (SSSR count). The maximum atomic E-state index is 14.2. The topological polar surface area (TPSA) is 79.3 Å². The number of aryl methyl sites for hydroxylation is 1. The SMILES string of the molecule is Cc1cc(C2=NOC(c3cc(Cl)cc(Cl)c3)(C(F)(F)F)C2)ccc1C(=O)N1CC(=O)N(C)C(=O)C1. The van der Waals surface area contributed by atoms with Gasteiger partial charge in [0.25, 0.3) is 11.5 Å². The molecule has 1 unspecified atom stereocenters. The molecule has 0 aromatic heterocycles. The summed E-state index contributed by atoms with van der Waals surface area (Å²) in [6, 6.07) is 7.95. The summed E-state index contributed by atoms with van der Waals surface area (Å²) in [5.74, 6) is -1.55. The maximum Gasteiger partial charge on any atom is 0.435 e. The van der Waals surface area contributed by atoms with Gasteiger partial charge in [-0.3, -0.25) is 19.3 Å². The van der Waals surface area contributed by atoms with Gasteiger partial charge in [-0.25, -0.2) is 0 Å². The lowest BCUT2D eigenvalue weighted by Crippen LogP contribution is -2.54. The van der Waals surface area contributed by atoms with E-state index in [1.165, 1.54) is 31.3 Å². The van der Waals surface area contributed by atoms with E-state index < -0.39 is 35.9 Å². The minimum absolute atomic E-state index is 0.0190. The van der Waals surface area contributed by atoms with Crippen molar-refractivity contribution in [1.82, 2.24) is 9.80 Å². The molecule has 2 heterocycles. The third-order valence-electron chi connectivity index (χ3n) is 5.99. The molecule has 1 atom stereocenters. The van der Waals surface area contributed by atoms with E-state index in [4.69, 9.17) is 28.0 Å². The average molecular weight is 528 g/mol. The van der Waals surface area contributed by atoms with Crippen LogP contribution in [-0.4, -0.2) is 59.5 Å². The van der Waals surface area contributed by atoms with Gasteiger partial charge in [-0.2, -0.15) is 13.2 Å². The van der Waals surface area contributed by atoms with E-state index in [9.17, 15) is 27.6 Å².